The zero-order valence-corrected chi connectivity index (χ0v) is 10.7. The third kappa shape index (κ3) is 2.39. The summed E-state index contributed by atoms with van der Waals surface area (Å²) in [6.07, 6.45) is 1.28. The van der Waals surface area contributed by atoms with Gasteiger partial charge in [0.1, 0.15) is 12.4 Å². The number of allylic oxidation sites excluding steroid dienone is 1. The van der Waals surface area contributed by atoms with Crippen molar-refractivity contribution in [1.29, 1.82) is 0 Å². The molecule has 17 heavy (non-hydrogen) atoms. The molecule has 0 aliphatic carbocycles. The second-order valence-corrected chi connectivity index (χ2v) is 5.60. The molecule has 0 aromatic carbocycles. The molecule has 0 aromatic heterocycles. The molecular formula is C10H15O6P. The van der Waals surface area contributed by atoms with Crippen LogP contribution in [0.1, 0.15) is 19.8 Å². The van der Waals surface area contributed by atoms with Crippen LogP contribution in [0.2, 0.25) is 0 Å². The van der Waals surface area contributed by atoms with Gasteiger partial charge in [-0.15, -0.1) is 0 Å². The molecule has 2 atom stereocenters. The standard InChI is InChI=1S/C10H15O6P/c1-3-4-8-9-7(5-14-10(9)11)6-15-17(12,13-2)16-8/h7H,3-6H2,1-2H3. The Balaban J connectivity index is 2.37. The van der Waals surface area contributed by atoms with Crippen molar-refractivity contribution in [3.63, 3.8) is 0 Å². The number of hydrogen-bond acceptors (Lipinski definition) is 6. The van der Waals surface area contributed by atoms with Gasteiger partial charge in [0.2, 0.25) is 0 Å². The highest BCUT2D eigenvalue weighted by atomic mass is 31.2. The van der Waals surface area contributed by atoms with Gasteiger partial charge in [0.05, 0.1) is 18.1 Å². The zero-order chi connectivity index (χ0) is 12.5. The van der Waals surface area contributed by atoms with E-state index >= 15 is 0 Å². The molecule has 2 aliphatic heterocycles. The van der Waals surface area contributed by atoms with Gasteiger partial charge in [-0.05, 0) is 6.42 Å². The molecular weight excluding hydrogens is 247 g/mol. The highest BCUT2D eigenvalue weighted by Crippen LogP contribution is 2.54. The maximum Gasteiger partial charge on any atom is 0.529 e. The minimum absolute atomic E-state index is 0.111. The van der Waals surface area contributed by atoms with Gasteiger partial charge in [0.25, 0.3) is 0 Å². The van der Waals surface area contributed by atoms with E-state index in [1.807, 2.05) is 6.92 Å². The van der Waals surface area contributed by atoms with E-state index in [1.54, 1.807) is 0 Å². The summed E-state index contributed by atoms with van der Waals surface area (Å²) in [5.41, 5.74) is 0.446. The molecule has 0 spiro atoms. The minimum atomic E-state index is -3.57. The van der Waals surface area contributed by atoms with E-state index in [4.69, 9.17) is 18.3 Å². The zero-order valence-electron chi connectivity index (χ0n) is 9.80. The second kappa shape index (κ2) is 4.80. The summed E-state index contributed by atoms with van der Waals surface area (Å²) in [7, 11) is -2.31. The van der Waals surface area contributed by atoms with E-state index in [-0.39, 0.29) is 19.1 Å². The number of carbonyl (C=O) groups excluding carboxylic acids is 1. The number of fused-ring (bicyclic) bond motifs is 1. The molecule has 2 aliphatic rings. The lowest BCUT2D eigenvalue weighted by Crippen LogP contribution is -2.10. The van der Waals surface area contributed by atoms with E-state index in [2.05, 4.69) is 0 Å². The molecule has 6 nitrogen and oxygen atoms in total. The van der Waals surface area contributed by atoms with Gasteiger partial charge in [0.15, 0.2) is 0 Å². The monoisotopic (exact) mass is 262 g/mol. The van der Waals surface area contributed by atoms with Crippen LogP contribution < -0.4 is 0 Å². The van der Waals surface area contributed by atoms with Crippen molar-refractivity contribution in [2.24, 2.45) is 5.92 Å². The van der Waals surface area contributed by atoms with E-state index in [0.29, 0.717) is 17.8 Å². The summed E-state index contributed by atoms with van der Waals surface area (Å²) < 4.78 is 32.1. The number of phosphoric ester groups is 1. The van der Waals surface area contributed by atoms with E-state index in [0.717, 1.165) is 6.42 Å². The predicted octanol–water partition coefficient (Wildman–Crippen LogP) is 2.01. The number of carbonyl (C=O) groups is 1. The Morgan fingerprint density at radius 3 is 2.88 bits per heavy atom. The lowest BCUT2D eigenvalue weighted by atomic mass is 10.0. The second-order valence-electron chi connectivity index (χ2n) is 3.90. The van der Waals surface area contributed by atoms with Crippen LogP contribution in [0.15, 0.2) is 11.3 Å². The number of rotatable bonds is 3. The summed E-state index contributed by atoms with van der Waals surface area (Å²) in [6.45, 7) is 2.30. The Labute approximate surface area is 99.5 Å². The number of phosphoric acid groups is 1. The smallest absolute Gasteiger partial charge is 0.461 e. The summed E-state index contributed by atoms with van der Waals surface area (Å²) >= 11 is 0. The summed E-state index contributed by atoms with van der Waals surface area (Å²) in [5.74, 6) is -0.246. The fraction of sp³-hybridized carbons (Fsp3) is 0.700. The van der Waals surface area contributed by atoms with Gasteiger partial charge in [-0.2, -0.15) is 0 Å². The first kappa shape index (κ1) is 12.6. The molecule has 0 saturated carbocycles. The molecule has 0 radical (unpaired) electrons. The molecule has 0 bridgehead atoms. The maximum atomic E-state index is 12.0. The van der Waals surface area contributed by atoms with Gasteiger partial charge in [-0.25, -0.2) is 9.36 Å². The number of cyclic esters (lactones) is 1. The molecule has 7 heteroatoms. The maximum absolute atomic E-state index is 12.0. The van der Waals surface area contributed by atoms with Gasteiger partial charge in [-0.3, -0.25) is 9.05 Å². The highest BCUT2D eigenvalue weighted by molar-refractivity contribution is 7.48. The lowest BCUT2D eigenvalue weighted by molar-refractivity contribution is -0.135. The third-order valence-electron chi connectivity index (χ3n) is 2.70. The number of esters is 1. The minimum Gasteiger partial charge on any atom is -0.461 e. The Morgan fingerprint density at radius 1 is 1.47 bits per heavy atom. The van der Waals surface area contributed by atoms with Gasteiger partial charge in [0, 0.05) is 13.5 Å². The van der Waals surface area contributed by atoms with E-state index in [1.165, 1.54) is 7.11 Å². The van der Waals surface area contributed by atoms with Crippen molar-refractivity contribution in [2.75, 3.05) is 20.3 Å². The van der Waals surface area contributed by atoms with Crippen LogP contribution in [0, 0.1) is 5.92 Å². The van der Waals surface area contributed by atoms with Crippen LogP contribution in [0.3, 0.4) is 0 Å². The Kier molecular flexibility index (Phi) is 3.56. The van der Waals surface area contributed by atoms with E-state index < -0.39 is 13.8 Å². The molecule has 96 valence electrons. The van der Waals surface area contributed by atoms with Crippen molar-refractivity contribution in [1.82, 2.24) is 0 Å². The van der Waals surface area contributed by atoms with Crippen molar-refractivity contribution in [3.8, 4) is 0 Å². The van der Waals surface area contributed by atoms with Crippen molar-refractivity contribution >= 4 is 13.8 Å². The largest absolute Gasteiger partial charge is 0.529 e. The Bertz CT molecular complexity index is 402. The number of ether oxygens (including phenoxy) is 1. The first-order valence-corrected chi connectivity index (χ1v) is 6.95. The topological polar surface area (TPSA) is 71.1 Å². The summed E-state index contributed by atoms with van der Waals surface area (Å²) in [4.78, 5) is 11.6. The van der Waals surface area contributed by atoms with Gasteiger partial charge >= 0.3 is 13.8 Å². The van der Waals surface area contributed by atoms with E-state index in [9.17, 15) is 9.36 Å². The van der Waals surface area contributed by atoms with Crippen molar-refractivity contribution in [2.45, 2.75) is 19.8 Å². The molecule has 2 rings (SSSR count). The van der Waals surface area contributed by atoms with Crippen LogP contribution in [0.4, 0.5) is 0 Å². The average Bonchev–Trinajstić information content (AvgIpc) is 2.60. The normalized spacial score (nSPS) is 32.8. The van der Waals surface area contributed by atoms with Crippen molar-refractivity contribution in [3.05, 3.63) is 11.3 Å². The quantitative estimate of drug-likeness (QED) is 0.572. The van der Waals surface area contributed by atoms with Crippen molar-refractivity contribution < 1.29 is 27.7 Å². The molecule has 0 N–H and O–H groups in total. The molecule has 2 heterocycles. The Hall–Kier alpha value is -0.840. The third-order valence-corrected chi connectivity index (χ3v) is 4.06. The molecule has 1 saturated heterocycles. The molecule has 1 fully saturated rings. The first-order chi connectivity index (χ1) is 8.09. The van der Waals surface area contributed by atoms with Gasteiger partial charge < -0.3 is 9.26 Å². The lowest BCUT2D eigenvalue weighted by Gasteiger charge is -2.15. The van der Waals surface area contributed by atoms with Gasteiger partial charge in [-0.1, -0.05) is 6.92 Å². The van der Waals surface area contributed by atoms with Crippen LogP contribution in [-0.2, 0) is 27.7 Å². The highest BCUT2D eigenvalue weighted by Gasteiger charge is 2.42. The molecule has 0 aromatic rings. The van der Waals surface area contributed by atoms with Crippen LogP contribution in [0.25, 0.3) is 0 Å². The number of hydrogen-bond donors (Lipinski definition) is 0. The predicted molar refractivity (Wildman–Crippen MR) is 58.0 cm³/mol. The average molecular weight is 262 g/mol. The molecule has 0 amide bonds. The SMILES string of the molecule is CCCC1=C2C(=O)OCC2COP(=O)(OC)O1. The first-order valence-electron chi connectivity index (χ1n) is 5.49. The fourth-order valence-electron chi connectivity index (χ4n) is 1.87. The summed E-state index contributed by atoms with van der Waals surface area (Å²) in [5, 5.41) is 0. The Morgan fingerprint density at radius 2 is 2.24 bits per heavy atom. The molecule has 2 unspecified atom stereocenters. The summed E-state index contributed by atoms with van der Waals surface area (Å²) in [6, 6.07) is 0. The van der Waals surface area contributed by atoms with Crippen LogP contribution in [0.5, 0.6) is 0 Å². The fourth-order valence-corrected chi connectivity index (χ4v) is 2.92. The van der Waals surface area contributed by atoms with Crippen LogP contribution in [-0.4, -0.2) is 26.3 Å². The van der Waals surface area contributed by atoms with Crippen LogP contribution >= 0.6 is 7.82 Å².